The fraction of sp³-hybridized carbons (Fsp3) is 0.800. The van der Waals surface area contributed by atoms with Crippen molar-refractivity contribution in [2.45, 2.75) is 37.4 Å². The maximum Gasteiger partial charge on any atom is 0.326 e. The van der Waals surface area contributed by atoms with Crippen molar-refractivity contribution in [3.63, 3.8) is 0 Å². The van der Waals surface area contributed by atoms with E-state index in [1.54, 1.807) is 0 Å². The molecule has 94 valence electrons. The minimum absolute atomic E-state index is 0.260. The molecule has 0 fully saturated rings. The van der Waals surface area contributed by atoms with Gasteiger partial charge in [0.05, 0.1) is 13.2 Å². The third kappa shape index (κ3) is 5.56. The predicted molar refractivity (Wildman–Crippen MR) is 61.8 cm³/mol. The van der Waals surface area contributed by atoms with Crippen LogP contribution in [0.3, 0.4) is 0 Å². The Bertz CT molecular complexity index is 209. The Labute approximate surface area is 105 Å². The monoisotopic (exact) mass is 270 g/mol. The van der Waals surface area contributed by atoms with Crippen molar-refractivity contribution in [1.82, 2.24) is 0 Å². The summed E-state index contributed by atoms with van der Waals surface area (Å²) in [5.74, 6) is -1.39. The zero-order valence-electron chi connectivity index (χ0n) is 9.37. The maximum atomic E-state index is 11.3. The van der Waals surface area contributed by atoms with E-state index in [0.29, 0.717) is 12.8 Å². The van der Waals surface area contributed by atoms with E-state index < -0.39 is 22.7 Å². The zero-order chi connectivity index (χ0) is 12.6. The third-order valence-electron chi connectivity index (χ3n) is 1.60. The molecule has 4 nitrogen and oxygen atoms in total. The van der Waals surface area contributed by atoms with Gasteiger partial charge in [-0.05, 0) is 12.8 Å². The van der Waals surface area contributed by atoms with Gasteiger partial charge in [0, 0.05) is 0 Å². The summed E-state index contributed by atoms with van der Waals surface area (Å²) in [6.07, 6.45) is 1.37. The molecule has 0 aromatic rings. The van der Waals surface area contributed by atoms with Crippen molar-refractivity contribution >= 4 is 35.1 Å². The summed E-state index contributed by atoms with van der Waals surface area (Å²) >= 11 is 11.4. The molecular formula is C10H16Cl2O4. The molecule has 0 bridgehead atoms. The van der Waals surface area contributed by atoms with Gasteiger partial charge in [-0.3, -0.25) is 9.59 Å². The topological polar surface area (TPSA) is 52.6 Å². The van der Waals surface area contributed by atoms with Crippen molar-refractivity contribution in [2.24, 2.45) is 0 Å². The molecule has 16 heavy (non-hydrogen) atoms. The quantitative estimate of drug-likeness (QED) is 0.525. The van der Waals surface area contributed by atoms with Crippen LogP contribution < -0.4 is 0 Å². The fourth-order valence-electron chi connectivity index (χ4n) is 0.803. The van der Waals surface area contributed by atoms with Gasteiger partial charge in [0.15, 0.2) is 10.8 Å². The minimum Gasteiger partial charge on any atom is -0.465 e. The van der Waals surface area contributed by atoms with E-state index in [-0.39, 0.29) is 13.2 Å². The SMILES string of the molecule is CCCOC(=O)C(Cl)C(Cl)C(=O)OCCC. The van der Waals surface area contributed by atoms with Gasteiger partial charge in [-0.2, -0.15) is 0 Å². The molecule has 0 spiro atoms. The van der Waals surface area contributed by atoms with Crippen molar-refractivity contribution in [2.75, 3.05) is 13.2 Å². The highest BCUT2D eigenvalue weighted by Gasteiger charge is 2.32. The molecule has 0 aliphatic carbocycles. The van der Waals surface area contributed by atoms with Gasteiger partial charge in [0.2, 0.25) is 0 Å². The third-order valence-corrected chi connectivity index (χ3v) is 2.59. The van der Waals surface area contributed by atoms with E-state index in [0.717, 1.165) is 0 Å². The number of esters is 2. The van der Waals surface area contributed by atoms with Crippen LogP contribution >= 0.6 is 23.2 Å². The summed E-state index contributed by atoms with van der Waals surface area (Å²) in [7, 11) is 0. The molecule has 0 aromatic heterocycles. The normalized spacial score (nSPS) is 14.0. The van der Waals surface area contributed by atoms with Crippen molar-refractivity contribution in [3.8, 4) is 0 Å². The first kappa shape index (κ1) is 15.5. The van der Waals surface area contributed by atoms with Crippen LogP contribution in [-0.2, 0) is 19.1 Å². The lowest BCUT2D eigenvalue weighted by Gasteiger charge is -2.14. The largest absolute Gasteiger partial charge is 0.465 e. The van der Waals surface area contributed by atoms with Gasteiger partial charge in [0.25, 0.3) is 0 Å². The van der Waals surface area contributed by atoms with Gasteiger partial charge in [-0.1, -0.05) is 13.8 Å². The smallest absolute Gasteiger partial charge is 0.326 e. The number of carbonyl (C=O) groups is 2. The van der Waals surface area contributed by atoms with E-state index >= 15 is 0 Å². The molecule has 2 atom stereocenters. The van der Waals surface area contributed by atoms with Crippen LogP contribution in [0.4, 0.5) is 0 Å². The van der Waals surface area contributed by atoms with E-state index in [4.69, 9.17) is 32.7 Å². The second kappa shape index (κ2) is 8.65. The average molecular weight is 271 g/mol. The number of ether oxygens (including phenoxy) is 2. The van der Waals surface area contributed by atoms with Gasteiger partial charge in [-0.15, -0.1) is 23.2 Å². The lowest BCUT2D eigenvalue weighted by molar-refractivity contribution is -0.149. The molecule has 0 saturated carbocycles. The van der Waals surface area contributed by atoms with Gasteiger partial charge >= 0.3 is 11.9 Å². The number of hydrogen-bond acceptors (Lipinski definition) is 4. The number of rotatable bonds is 7. The van der Waals surface area contributed by atoms with Crippen molar-refractivity contribution in [1.29, 1.82) is 0 Å². The Kier molecular flexibility index (Phi) is 8.39. The van der Waals surface area contributed by atoms with E-state index in [9.17, 15) is 9.59 Å². The fourth-order valence-corrected chi connectivity index (χ4v) is 1.14. The van der Waals surface area contributed by atoms with E-state index in [1.165, 1.54) is 0 Å². The molecule has 0 radical (unpaired) electrons. The predicted octanol–water partition coefficient (Wildman–Crippen LogP) is 2.11. The first-order valence-electron chi connectivity index (χ1n) is 5.16. The summed E-state index contributed by atoms with van der Waals surface area (Å²) in [5.41, 5.74) is 0. The molecule has 0 aromatic carbocycles. The standard InChI is InChI=1S/C10H16Cl2O4/c1-3-5-15-9(13)7(11)8(12)10(14)16-6-4-2/h7-8H,3-6H2,1-2H3. The van der Waals surface area contributed by atoms with Crippen LogP contribution in [-0.4, -0.2) is 35.9 Å². The second-order valence-electron chi connectivity index (χ2n) is 3.14. The summed E-state index contributed by atoms with van der Waals surface area (Å²) in [5, 5.41) is -2.42. The lowest BCUT2D eigenvalue weighted by atomic mass is 10.3. The summed E-state index contributed by atoms with van der Waals surface area (Å²) < 4.78 is 9.53. The van der Waals surface area contributed by atoms with E-state index in [1.807, 2.05) is 13.8 Å². The molecule has 0 aliphatic heterocycles. The van der Waals surface area contributed by atoms with Gasteiger partial charge in [0.1, 0.15) is 0 Å². The van der Waals surface area contributed by atoms with Crippen LogP contribution in [0.25, 0.3) is 0 Å². The highest BCUT2D eigenvalue weighted by molar-refractivity contribution is 6.41. The molecule has 0 amide bonds. The number of halogens is 2. The van der Waals surface area contributed by atoms with Crippen LogP contribution in [0, 0.1) is 0 Å². The Morgan fingerprint density at radius 3 is 1.50 bits per heavy atom. The Morgan fingerprint density at radius 1 is 0.938 bits per heavy atom. The molecule has 0 saturated heterocycles. The highest BCUT2D eigenvalue weighted by Crippen LogP contribution is 2.14. The zero-order valence-corrected chi connectivity index (χ0v) is 10.9. The van der Waals surface area contributed by atoms with Gasteiger partial charge < -0.3 is 9.47 Å². The Hall–Kier alpha value is -0.480. The molecule has 0 heterocycles. The van der Waals surface area contributed by atoms with E-state index in [2.05, 4.69) is 0 Å². The van der Waals surface area contributed by atoms with Crippen LogP contribution in [0.5, 0.6) is 0 Å². The van der Waals surface area contributed by atoms with Crippen LogP contribution in [0.2, 0.25) is 0 Å². The number of carbonyl (C=O) groups excluding carboxylic acids is 2. The van der Waals surface area contributed by atoms with Gasteiger partial charge in [-0.25, -0.2) is 0 Å². The molecule has 0 aliphatic rings. The Morgan fingerprint density at radius 2 is 1.25 bits per heavy atom. The summed E-state index contributed by atoms with van der Waals surface area (Å²) in [6.45, 7) is 4.22. The summed E-state index contributed by atoms with van der Waals surface area (Å²) in [6, 6.07) is 0. The van der Waals surface area contributed by atoms with Crippen LogP contribution in [0.1, 0.15) is 26.7 Å². The molecule has 6 heteroatoms. The first-order valence-corrected chi connectivity index (χ1v) is 6.03. The van der Waals surface area contributed by atoms with Crippen molar-refractivity contribution in [3.05, 3.63) is 0 Å². The molecule has 0 N–H and O–H groups in total. The molecule has 2 unspecified atom stereocenters. The molecule has 0 rings (SSSR count). The number of hydrogen-bond donors (Lipinski definition) is 0. The van der Waals surface area contributed by atoms with Crippen LogP contribution in [0.15, 0.2) is 0 Å². The number of alkyl halides is 2. The lowest BCUT2D eigenvalue weighted by Crippen LogP contribution is -2.34. The molecular weight excluding hydrogens is 255 g/mol. The average Bonchev–Trinajstić information content (AvgIpc) is 2.30. The highest BCUT2D eigenvalue weighted by atomic mass is 35.5. The minimum atomic E-state index is -1.21. The summed E-state index contributed by atoms with van der Waals surface area (Å²) in [4.78, 5) is 22.6. The first-order chi connectivity index (χ1) is 7.54. The van der Waals surface area contributed by atoms with Crippen molar-refractivity contribution < 1.29 is 19.1 Å². The maximum absolute atomic E-state index is 11.3. The Balaban J connectivity index is 4.09. The second-order valence-corrected chi connectivity index (χ2v) is 4.08.